The molecule has 2 heterocycles. The van der Waals surface area contributed by atoms with Crippen molar-refractivity contribution in [2.75, 3.05) is 14.2 Å². The van der Waals surface area contributed by atoms with Gasteiger partial charge in [0.15, 0.2) is 0 Å². The Bertz CT molecular complexity index is 969. The molecular weight excluding hydrogens is 336 g/mol. The van der Waals surface area contributed by atoms with E-state index < -0.39 is 0 Å². The number of halogens is 1. The normalized spacial score (nSPS) is 11.4. The molecule has 0 atom stereocenters. The molecule has 0 aliphatic carbocycles. The molecule has 0 saturated carbocycles. The number of hydrogen-bond acceptors (Lipinski definition) is 5. The lowest BCUT2D eigenvalue weighted by atomic mass is 9.97. The van der Waals surface area contributed by atoms with Gasteiger partial charge in [-0.25, -0.2) is 4.98 Å². The van der Waals surface area contributed by atoms with Crippen LogP contribution in [0.4, 0.5) is 0 Å². The van der Waals surface area contributed by atoms with Crippen molar-refractivity contribution in [2.24, 2.45) is 0 Å². The summed E-state index contributed by atoms with van der Waals surface area (Å²) in [6.45, 7) is 0. The van der Waals surface area contributed by atoms with Crippen molar-refractivity contribution >= 4 is 33.9 Å². The maximum absolute atomic E-state index is 8.61. The molecule has 25 heavy (non-hydrogen) atoms. The molecule has 2 N–H and O–H groups in total. The third kappa shape index (κ3) is 3.61. The summed E-state index contributed by atoms with van der Waals surface area (Å²) in [5.41, 5.74) is 4.03. The number of hydrogen-bond donors (Lipinski definition) is 2. The highest BCUT2D eigenvalue weighted by atomic mass is 35.5. The third-order valence-corrected chi connectivity index (χ3v) is 3.94. The summed E-state index contributed by atoms with van der Waals surface area (Å²) in [4.78, 5) is 8.73. The van der Waals surface area contributed by atoms with Crippen LogP contribution in [0.2, 0.25) is 5.15 Å². The molecule has 1 aromatic carbocycles. The highest BCUT2D eigenvalue weighted by Gasteiger charge is 2.13. The molecule has 3 aromatic rings. The first-order valence-electron chi connectivity index (χ1n) is 7.66. The number of rotatable bonds is 5. The van der Waals surface area contributed by atoms with Gasteiger partial charge in [0, 0.05) is 36.1 Å². The van der Waals surface area contributed by atoms with Crippen LogP contribution in [0.25, 0.3) is 16.6 Å². The smallest absolute Gasteiger partial charge is 0.129 e. The quantitative estimate of drug-likeness (QED) is 0.539. The Morgan fingerprint density at radius 2 is 2.00 bits per heavy atom. The second kappa shape index (κ2) is 7.32. The van der Waals surface area contributed by atoms with Crippen molar-refractivity contribution in [3.63, 3.8) is 0 Å². The van der Waals surface area contributed by atoms with Gasteiger partial charge >= 0.3 is 0 Å². The van der Waals surface area contributed by atoms with Gasteiger partial charge in [-0.1, -0.05) is 23.7 Å². The van der Waals surface area contributed by atoms with Crippen molar-refractivity contribution in [3.8, 4) is 5.75 Å². The van der Waals surface area contributed by atoms with Crippen LogP contribution in [0.3, 0.4) is 0 Å². The molecular formula is C19H17ClN4O. The van der Waals surface area contributed by atoms with Crippen molar-refractivity contribution in [2.45, 2.75) is 0 Å². The van der Waals surface area contributed by atoms with Gasteiger partial charge in [-0.05, 0) is 30.3 Å². The molecule has 0 aliphatic heterocycles. The van der Waals surface area contributed by atoms with E-state index in [1.807, 2.05) is 36.4 Å². The highest BCUT2D eigenvalue weighted by Crippen LogP contribution is 2.24. The number of benzene rings is 1. The summed E-state index contributed by atoms with van der Waals surface area (Å²) < 4.78 is 5.25. The summed E-state index contributed by atoms with van der Waals surface area (Å²) in [5.74, 6) is 0.705. The first kappa shape index (κ1) is 16.9. The zero-order valence-corrected chi connectivity index (χ0v) is 14.6. The van der Waals surface area contributed by atoms with Gasteiger partial charge in [-0.2, -0.15) is 0 Å². The Kier molecular flexibility index (Phi) is 4.95. The first-order valence-corrected chi connectivity index (χ1v) is 8.03. The minimum Gasteiger partial charge on any atom is -0.497 e. The van der Waals surface area contributed by atoms with Crippen LogP contribution in [0.1, 0.15) is 11.1 Å². The SMILES string of the molecule is CN/C=C(\C(=N)c1cccc(OC)c1)c1cnc2ccc(Cl)nc2c1. The Balaban J connectivity index is 2.06. The van der Waals surface area contributed by atoms with E-state index in [1.165, 1.54) is 0 Å². The summed E-state index contributed by atoms with van der Waals surface area (Å²) >= 11 is 5.98. The summed E-state index contributed by atoms with van der Waals surface area (Å²) in [7, 11) is 3.40. The predicted octanol–water partition coefficient (Wildman–Crippen LogP) is 3.92. The van der Waals surface area contributed by atoms with Gasteiger partial charge < -0.3 is 10.1 Å². The van der Waals surface area contributed by atoms with Gasteiger partial charge in [0.05, 0.1) is 23.9 Å². The van der Waals surface area contributed by atoms with Gasteiger partial charge in [0.2, 0.25) is 0 Å². The van der Waals surface area contributed by atoms with E-state index in [-0.39, 0.29) is 0 Å². The number of fused-ring (bicyclic) bond motifs is 1. The zero-order valence-electron chi connectivity index (χ0n) is 13.9. The Morgan fingerprint density at radius 1 is 1.16 bits per heavy atom. The number of pyridine rings is 2. The minimum atomic E-state index is 0.358. The van der Waals surface area contributed by atoms with E-state index in [9.17, 15) is 0 Å². The van der Waals surface area contributed by atoms with Gasteiger partial charge in [-0.15, -0.1) is 0 Å². The van der Waals surface area contributed by atoms with Crippen molar-refractivity contribution < 1.29 is 4.74 Å². The van der Waals surface area contributed by atoms with Gasteiger partial charge in [0.25, 0.3) is 0 Å². The van der Waals surface area contributed by atoms with Crippen LogP contribution in [0.15, 0.2) is 54.9 Å². The fourth-order valence-corrected chi connectivity index (χ4v) is 2.66. The summed E-state index contributed by atoms with van der Waals surface area (Å²) in [6, 6.07) is 12.8. The lowest BCUT2D eigenvalue weighted by Gasteiger charge is -2.12. The van der Waals surface area contributed by atoms with E-state index in [0.29, 0.717) is 27.7 Å². The topological polar surface area (TPSA) is 70.9 Å². The van der Waals surface area contributed by atoms with E-state index in [2.05, 4.69) is 15.3 Å². The second-order valence-corrected chi connectivity index (χ2v) is 5.74. The standard InChI is InChI=1S/C19H17ClN4O/c1-22-11-15(19(21)12-4-3-5-14(8-12)25-2)13-9-17-16(23-10-13)6-7-18(20)24-17/h3-11,21-22H,1-2H3/b15-11-,21-19?. The van der Waals surface area contributed by atoms with Gasteiger partial charge in [0.1, 0.15) is 10.9 Å². The molecule has 0 fully saturated rings. The monoisotopic (exact) mass is 352 g/mol. The number of ether oxygens (including phenoxy) is 1. The summed E-state index contributed by atoms with van der Waals surface area (Å²) in [6.07, 6.45) is 3.50. The zero-order chi connectivity index (χ0) is 17.8. The van der Waals surface area contributed by atoms with Crippen molar-refractivity contribution in [1.82, 2.24) is 15.3 Å². The molecule has 126 valence electrons. The molecule has 2 aromatic heterocycles. The lowest BCUT2D eigenvalue weighted by molar-refractivity contribution is 0.414. The molecule has 0 radical (unpaired) electrons. The lowest BCUT2D eigenvalue weighted by Crippen LogP contribution is -2.08. The molecule has 0 bridgehead atoms. The number of aromatic nitrogens is 2. The molecule has 0 spiro atoms. The Morgan fingerprint density at radius 3 is 2.76 bits per heavy atom. The number of allylic oxidation sites excluding steroid dienone is 1. The molecule has 3 rings (SSSR count). The molecule has 0 aliphatic rings. The molecule has 0 amide bonds. The molecule has 0 saturated heterocycles. The summed E-state index contributed by atoms with van der Waals surface area (Å²) in [5, 5.41) is 12.0. The van der Waals surface area contributed by atoms with Crippen LogP contribution < -0.4 is 10.1 Å². The van der Waals surface area contributed by atoms with E-state index >= 15 is 0 Å². The predicted molar refractivity (Wildman–Crippen MR) is 101 cm³/mol. The second-order valence-electron chi connectivity index (χ2n) is 5.35. The average Bonchev–Trinajstić information content (AvgIpc) is 2.65. The maximum Gasteiger partial charge on any atom is 0.129 e. The van der Waals surface area contributed by atoms with E-state index in [4.69, 9.17) is 21.7 Å². The molecule has 6 heteroatoms. The van der Waals surface area contributed by atoms with Gasteiger partial charge in [-0.3, -0.25) is 10.4 Å². The number of methoxy groups -OCH3 is 1. The largest absolute Gasteiger partial charge is 0.497 e. The third-order valence-electron chi connectivity index (χ3n) is 3.73. The van der Waals surface area contributed by atoms with Crippen LogP contribution in [-0.4, -0.2) is 29.8 Å². The van der Waals surface area contributed by atoms with E-state index in [0.717, 1.165) is 16.6 Å². The number of nitrogens with zero attached hydrogens (tertiary/aromatic N) is 2. The fraction of sp³-hybridized carbons (Fsp3) is 0.105. The van der Waals surface area contributed by atoms with E-state index in [1.54, 1.807) is 32.6 Å². The maximum atomic E-state index is 8.61. The van der Waals surface area contributed by atoms with Crippen molar-refractivity contribution in [3.05, 3.63) is 71.1 Å². The molecule has 5 nitrogen and oxygen atoms in total. The molecule has 0 unspecified atom stereocenters. The minimum absolute atomic E-state index is 0.358. The van der Waals surface area contributed by atoms with Crippen molar-refractivity contribution in [1.29, 1.82) is 5.41 Å². The first-order chi connectivity index (χ1) is 12.1. The Labute approximate surface area is 150 Å². The van der Waals surface area contributed by atoms with Crippen LogP contribution in [0.5, 0.6) is 5.75 Å². The Hall–Kier alpha value is -2.92. The van der Waals surface area contributed by atoms with Crippen LogP contribution in [0, 0.1) is 5.41 Å². The average molecular weight is 353 g/mol. The number of nitrogens with one attached hydrogen (secondary N) is 2. The van der Waals surface area contributed by atoms with Crippen LogP contribution in [-0.2, 0) is 0 Å². The highest BCUT2D eigenvalue weighted by molar-refractivity contribution is 6.31. The van der Waals surface area contributed by atoms with Crippen LogP contribution >= 0.6 is 11.6 Å². The fourth-order valence-electron chi connectivity index (χ4n) is 2.51.